The fourth-order valence-electron chi connectivity index (χ4n) is 3.73. The van der Waals surface area contributed by atoms with E-state index in [9.17, 15) is 4.79 Å². The molecule has 1 fully saturated rings. The molecule has 0 radical (unpaired) electrons. The van der Waals surface area contributed by atoms with Crippen molar-refractivity contribution >= 4 is 17.4 Å². The van der Waals surface area contributed by atoms with Gasteiger partial charge >= 0.3 is 0 Å². The average Bonchev–Trinajstić information content (AvgIpc) is 2.84. The lowest BCUT2D eigenvalue weighted by atomic mass is 10.1. The molecule has 0 unspecified atom stereocenters. The van der Waals surface area contributed by atoms with E-state index in [0.717, 1.165) is 50.4 Å². The lowest BCUT2D eigenvalue weighted by molar-refractivity contribution is 0.102. The quantitative estimate of drug-likeness (QED) is 0.572. The van der Waals surface area contributed by atoms with Crippen LogP contribution in [-0.4, -0.2) is 65.4 Å². The van der Waals surface area contributed by atoms with Crippen LogP contribution < -0.4 is 10.6 Å². The van der Waals surface area contributed by atoms with Gasteiger partial charge in [0.15, 0.2) is 0 Å². The van der Waals surface area contributed by atoms with Gasteiger partial charge in [0.2, 0.25) is 0 Å². The van der Waals surface area contributed by atoms with Crippen molar-refractivity contribution in [1.29, 1.82) is 0 Å². The number of nitrogens with one attached hydrogen (secondary N) is 2. The Morgan fingerprint density at radius 1 is 0.938 bits per heavy atom. The van der Waals surface area contributed by atoms with Crippen molar-refractivity contribution in [3.05, 3.63) is 83.8 Å². The second-order valence-corrected chi connectivity index (χ2v) is 8.15. The van der Waals surface area contributed by atoms with Gasteiger partial charge in [0.05, 0.1) is 5.56 Å². The molecule has 3 heterocycles. The lowest BCUT2D eigenvalue weighted by Gasteiger charge is -2.32. The summed E-state index contributed by atoms with van der Waals surface area (Å²) in [6.07, 6.45) is 6.19. The number of aromatic nitrogens is 2. The summed E-state index contributed by atoms with van der Waals surface area (Å²) in [5.74, 6) is 0.381. The third-order valence-electron chi connectivity index (χ3n) is 5.79. The minimum absolute atomic E-state index is 0.180. The molecule has 2 N–H and O–H groups in total. The van der Waals surface area contributed by atoms with E-state index in [1.54, 1.807) is 30.7 Å². The van der Waals surface area contributed by atoms with Crippen LogP contribution >= 0.6 is 0 Å². The first-order valence-electron chi connectivity index (χ1n) is 11.1. The Balaban J connectivity index is 1.32. The molecule has 32 heavy (non-hydrogen) atoms. The van der Waals surface area contributed by atoms with E-state index in [4.69, 9.17) is 0 Å². The smallest absolute Gasteiger partial charge is 0.259 e. The van der Waals surface area contributed by atoms with Crippen LogP contribution in [0.3, 0.4) is 0 Å². The van der Waals surface area contributed by atoms with E-state index in [1.165, 1.54) is 5.56 Å². The number of pyridine rings is 2. The third-order valence-corrected chi connectivity index (χ3v) is 5.79. The molecule has 166 valence electrons. The van der Waals surface area contributed by atoms with Gasteiger partial charge in [-0.25, -0.2) is 4.98 Å². The molecular formula is C25H30N6O. The highest BCUT2D eigenvalue weighted by atomic mass is 16.1. The summed E-state index contributed by atoms with van der Waals surface area (Å²) in [5.41, 5.74) is 3.65. The normalized spacial score (nSPS) is 14.8. The summed E-state index contributed by atoms with van der Waals surface area (Å²) in [7, 11) is 2.18. The van der Waals surface area contributed by atoms with Gasteiger partial charge in [0.25, 0.3) is 5.91 Å². The van der Waals surface area contributed by atoms with Crippen LogP contribution in [0.5, 0.6) is 0 Å². The average molecular weight is 431 g/mol. The molecule has 0 saturated carbocycles. The second kappa shape index (κ2) is 10.8. The second-order valence-electron chi connectivity index (χ2n) is 8.15. The van der Waals surface area contributed by atoms with Gasteiger partial charge in [-0.15, -0.1) is 0 Å². The number of hydrogen-bond acceptors (Lipinski definition) is 6. The highest BCUT2D eigenvalue weighted by Gasteiger charge is 2.14. The minimum atomic E-state index is -0.180. The summed E-state index contributed by atoms with van der Waals surface area (Å²) < 4.78 is 0. The van der Waals surface area contributed by atoms with Gasteiger partial charge in [-0.3, -0.25) is 9.78 Å². The Hall–Kier alpha value is -3.29. The summed E-state index contributed by atoms with van der Waals surface area (Å²) >= 11 is 0. The summed E-state index contributed by atoms with van der Waals surface area (Å²) in [4.78, 5) is 26.1. The number of amides is 1. The minimum Gasteiger partial charge on any atom is -0.365 e. The van der Waals surface area contributed by atoms with Crippen LogP contribution in [0.2, 0.25) is 0 Å². The molecule has 3 aromatic rings. The van der Waals surface area contributed by atoms with Gasteiger partial charge in [-0.2, -0.15) is 0 Å². The number of likely N-dealkylation sites (N-methyl/N-ethyl adjacent to an activating group) is 1. The first kappa shape index (κ1) is 21.9. The van der Waals surface area contributed by atoms with Crippen LogP contribution in [0.25, 0.3) is 0 Å². The first-order chi connectivity index (χ1) is 15.7. The Kier molecular flexibility index (Phi) is 7.42. The zero-order valence-electron chi connectivity index (χ0n) is 18.5. The van der Waals surface area contributed by atoms with E-state index in [0.29, 0.717) is 17.9 Å². The number of rotatable bonds is 8. The molecule has 1 amide bonds. The fraction of sp³-hybridized carbons (Fsp3) is 0.320. The van der Waals surface area contributed by atoms with Gasteiger partial charge in [0.1, 0.15) is 5.82 Å². The molecule has 1 aliphatic rings. The Bertz CT molecular complexity index is 1000. The molecule has 0 atom stereocenters. The SMILES string of the molecule is CN1CCN(CCc2ccc(NC(=O)c3cccnc3NCc3ccncc3)cc2)CC1. The van der Waals surface area contributed by atoms with E-state index in [1.807, 2.05) is 24.3 Å². The maximum absolute atomic E-state index is 12.9. The van der Waals surface area contributed by atoms with Crippen molar-refractivity contribution < 1.29 is 4.79 Å². The maximum Gasteiger partial charge on any atom is 0.259 e. The van der Waals surface area contributed by atoms with Crippen LogP contribution in [0.15, 0.2) is 67.1 Å². The molecule has 0 aliphatic carbocycles. The zero-order chi connectivity index (χ0) is 22.2. The lowest BCUT2D eigenvalue weighted by Crippen LogP contribution is -2.45. The standard InChI is InChI=1S/C25H30N6O/c1-30-15-17-31(18-16-30)14-10-20-4-6-22(7-5-20)29-25(32)23-3-2-11-27-24(23)28-19-21-8-12-26-13-9-21/h2-9,11-13H,10,14-19H2,1H3,(H,27,28)(H,29,32). The molecule has 0 bridgehead atoms. The van der Waals surface area contributed by atoms with E-state index in [2.05, 4.69) is 49.6 Å². The summed E-state index contributed by atoms with van der Waals surface area (Å²) in [6, 6.07) is 15.5. The van der Waals surface area contributed by atoms with Crippen LogP contribution in [0.4, 0.5) is 11.5 Å². The number of piperazine rings is 1. The predicted molar refractivity (Wildman–Crippen MR) is 128 cm³/mol. The van der Waals surface area contributed by atoms with Gasteiger partial charge in [-0.05, 0) is 61.0 Å². The fourth-order valence-corrected chi connectivity index (χ4v) is 3.73. The van der Waals surface area contributed by atoms with Gasteiger partial charge in [-0.1, -0.05) is 12.1 Å². The Morgan fingerprint density at radius 3 is 2.44 bits per heavy atom. The number of anilines is 2. The summed E-state index contributed by atoms with van der Waals surface area (Å²) in [5, 5.41) is 6.24. The van der Waals surface area contributed by atoms with Crippen molar-refractivity contribution in [2.45, 2.75) is 13.0 Å². The monoisotopic (exact) mass is 430 g/mol. The highest BCUT2D eigenvalue weighted by Crippen LogP contribution is 2.17. The van der Waals surface area contributed by atoms with Crippen molar-refractivity contribution in [3.63, 3.8) is 0 Å². The Labute approximate surface area is 189 Å². The number of benzene rings is 1. The number of carbonyl (C=O) groups is 1. The first-order valence-corrected chi connectivity index (χ1v) is 11.1. The van der Waals surface area contributed by atoms with Crippen LogP contribution in [0, 0.1) is 0 Å². The van der Waals surface area contributed by atoms with Gasteiger partial charge < -0.3 is 20.4 Å². The summed E-state index contributed by atoms with van der Waals surface area (Å²) in [6.45, 7) is 6.18. The van der Waals surface area contributed by atoms with E-state index in [-0.39, 0.29) is 5.91 Å². The molecule has 1 aliphatic heterocycles. The van der Waals surface area contributed by atoms with Crippen LogP contribution in [-0.2, 0) is 13.0 Å². The molecule has 1 saturated heterocycles. The molecule has 7 heteroatoms. The number of nitrogens with zero attached hydrogens (tertiary/aromatic N) is 4. The zero-order valence-corrected chi connectivity index (χ0v) is 18.5. The Morgan fingerprint density at radius 2 is 1.69 bits per heavy atom. The van der Waals surface area contributed by atoms with Crippen LogP contribution in [0.1, 0.15) is 21.5 Å². The van der Waals surface area contributed by atoms with Crippen molar-refractivity contribution in [2.24, 2.45) is 0 Å². The third kappa shape index (κ3) is 6.12. The molecular weight excluding hydrogens is 400 g/mol. The van der Waals surface area contributed by atoms with Gasteiger partial charge in [0, 0.05) is 63.5 Å². The molecule has 2 aromatic heterocycles. The largest absolute Gasteiger partial charge is 0.365 e. The topological polar surface area (TPSA) is 73.4 Å². The predicted octanol–water partition coefficient (Wildman–Crippen LogP) is 3.13. The molecule has 4 rings (SSSR count). The number of hydrogen-bond donors (Lipinski definition) is 2. The van der Waals surface area contributed by atoms with Crippen molar-refractivity contribution in [1.82, 2.24) is 19.8 Å². The van der Waals surface area contributed by atoms with Crippen molar-refractivity contribution in [3.8, 4) is 0 Å². The maximum atomic E-state index is 12.9. The van der Waals surface area contributed by atoms with E-state index < -0.39 is 0 Å². The number of carbonyl (C=O) groups excluding carboxylic acids is 1. The molecule has 7 nitrogen and oxygen atoms in total. The molecule has 1 aromatic carbocycles. The highest BCUT2D eigenvalue weighted by molar-refractivity contribution is 6.07. The van der Waals surface area contributed by atoms with Crippen molar-refractivity contribution in [2.75, 3.05) is 50.4 Å². The molecule has 0 spiro atoms. The van der Waals surface area contributed by atoms with E-state index >= 15 is 0 Å².